The fourth-order valence-electron chi connectivity index (χ4n) is 3.44. The number of carbonyl (C=O) groups is 1. The summed E-state index contributed by atoms with van der Waals surface area (Å²) in [6.45, 7) is 13.1. The predicted octanol–water partition coefficient (Wildman–Crippen LogP) is 4.32. The van der Waals surface area contributed by atoms with Crippen LogP contribution in [0.1, 0.15) is 50.2 Å². The molecule has 0 aliphatic rings. The summed E-state index contributed by atoms with van der Waals surface area (Å²) in [5.74, 6) is 0.402. The molecule has 1 unspecified atom stereocenters. The Hall–Kier alpha value is -1.85. The summed E-state index contributed by atoms with van der Waals surface area (Å²) in [5, 5.41) is 7.89. The van der Waals surface area contributed by atoms with E-state index < -0.39 is 0 Å². The number of aromatic nitrogens is 2. The second kappa shape index (κ2) is 9.90. The number of halogens is 1. The van der Waals surface area contributed by atoms with Crippen LogP contribution in [0.25, 0.3) is 5.69 Å². The predicted molar refractivity (Wildman–Crippen MR) is 112 cm³/mol. The monoisotopic (exact) mass is 390 g/mol. The van der Waals surface area contributed by atoms with Crippen LogP contribution < -0.4 is 5.32 Å². The fraction of sp³-hybridized carbons (Fsp3) is 0.524. The molecule has 2 aromatic rings. The van der Waals surface area contributed by atoms with E-state index in [1.54, 1.807) is 4.68 Å². The average molecular weight is 391 g/mol. The van der Waals surface area contributed by atoms with Gasteiger partial charge in [0.25, 0.3) is 5.91 Å². The van der Waals surface area contributed by atoms with Crippen LogP contribution >= 0.6 is 11.6 Å². The topological polar surface area (TPSA) is 50.2 Å². The molecule has 1 heterocycles. The second-order valence-electron chi connectivity index (χ2n) is 7.21. The highest BCUT2D eigenvalue weighted by Gasteiger charge is 2.23. The summed E-state index contributed by atoms with van der Waals surface area (Å²) in [5.41, 5.74) is 1.92. The molecule has 1 atom stereocenters. The van der Waals surface area contributed by atoms with Gasteiger partial charge in [-0.3, -0.25) is 9.69 Å². The molecule has 148 valence electrons. The molecule has 0 fully saturated rings. The van der Waals surface area contributed by atoms with Crippen LogP contribution in [0.15, 0.2) is 30.3 Å². The van der Waals surface area contributed by atoms with Gasteiger partial charge in [-0.15, -0.1) is 0 Å². The zero-order valence-corrected chi connectivity index (χ0v) is 17.8. The number of likely N-dealkylation sites (N-methyl/N-ethyl adjacent to an activating group) is 1. The van der Waals surface area contributed by atoms with E-state index in [4.69, 9.17) is 11.6 Å². The largest absolute Gasteiger partial charge is 0.350 e. The zero-order chi connectivity index (χ0) is 20.0. The van der Waals surface area contributed by atoms with Crippen molar-refractivity contribution in [1.82, 2.24) is 20.0 Å². The molecule has 0 spiro atoms. The van der Waals surface area contributed by atoms with Crippen LogP contribution in [0.2, 0.25) is 5.15 Å². The van der Waals surface area contributed by atoms with Gasteiger partial charge in [-0.05, 0) is 44.5 Å². The van der Waals surface area contributed by atoms with Crippen molar-refractivity contribution in [3.8, 4) is 5.69 Å². The van der Waals surface area contributed by atoms with Gasteiger partial charge in [0, 0.05) is 12.6 Å². The fourth-order valence-corrected chi connectivity index (χ4v) is 3.80. The van der Waals surface area contributed by atoms with Crippen LogP contribution in [0.5, 0.6) is 0 Å². The maximum Gasteiger partial charge on any atom is 0.256 e. The van der Waals surface area contributed by atoms with Crippen molar-refractivity contribution in [3.63, 3.8) is 0 Å². The number of carbonyl (C=O) groups excluding carboxylic acids is 1. The molecule has 1 aromatic heterocycles. The Labute approximate surface area is 167 Å². The van der Waals surface area contributed by atoms with Crippen molar-refractivity contribution < 1.29 is 4.79 Å². The van der Waals surface area contributed by atoms with E-state index in [2.05, 4.69) is 43.0 Å². The summed E-state index contributed by atoms with van der Waals surface area (Å²) in [6, 6.07) is 9.92. The van der Waals surface area contributed by atoms with Gasteiger partial charge in [-0.25, -0.2) is 4.68 Å². The number of benzene rings is 1. The SMILES string of the molecule is CCN(CC)C(CNC(=O)c1c(C)nn(-c2ccccc2)c1Cl)CC(C)C. The highest BCUT2D eigenvalue weighted by atomic mass is 35.5. The smallest absolute Gasteiger partial charge is 0.256 e. The molecule has 5 nitrogen and oxygen atoms in total. The van der Waals surface area contributed by atoms with Gasteiger partial charge < -0.3 is 5.32 Å². The third-order valence-electron chi connectivity index (χ3n) is 4.80. The first kappa shape index (κ1) is 21.5. The maximum absolute atomic E-state index is 12.9. The summed E-state index contributed by atoms with van der Waals surface area (Å²) < 4.78 is 1.61. The van der Waals surface area contributed by atoms with Gasteiger partial charge in [0.05, 0.1) is 16.9 Å². The van der Waals surface area contributed by atoms with Gasteiger partial charge in [-0.2, -0.15) is 5.10 Å². The molecular weight excluding hydrogens is 360 g/mol. The van der Waals surface area contributed by atoms with E-state index in [0.29, 0.717) is 34.9 Å². The van der Waals surface area contributed by atoms with Gasteiger partial charge in [0.15, 0.2) is 0 Å². The van der Waals surface area contributed by atoms with Gasteiger partial charge in [0.2, 0.25) is 0 Å². The zero-order valence-electron chi connectivity index (χ0n) is 17.0. The minimum Gasteiger partial charge on any atom is -0.350 e. The standard InChI is InChI=1S/C21H31ClN4O/c1-6-25(7-2)18(13-15(3)4)14-23-21(27)19-16(5)24-26(20(19)22)17-11-9-8-10-12-17/h8-12,15,18H,6-7,13-14H2,1-5H3,(H,23,27). The normalized spacial score (nSPS) is 12.6. The molecular formula is C21H31ClN4O. The Morgan fingerprint density at radius 2 is 1.85 bits per heavy atom. The van der Waals surface area contributed by atoms with Gasteiger partial charge in [-0.1, -0.05) is 57.5 Å². The van der Waals surface area contributed by atoms with E-state index in [-0.39, 0.29) is 5.91 Å². The lowest BCUT2D eigenvalue weighted by Crippen LogP contribution is -2.44. The van der Waals surface area contributed by atoms with Crippen molar-refractivity contribution in [2.45, 2.75) is 47.1 Å². The number of aryl methyl sites for hydroxylation is 1. The Balaban J connectivity index is 2.16. The molecule has 0 saturated heterocycles. The number of amides is 1. The Morgan fingerprint density at radius 3 is 2.41 bits per heavy atom. The summed E-state index contributed by atoms with van der Waals surface area (Å²) in [6.07, 6.45) is 1.04. The van der Waals surface area contributed by atoms with Crippen molar-refractivity contribution >= 4 is 17.5 Å². The van der Waals surface area contributed by atoms with E-state index in [1.807, 2.05) is 37.3 Å². The summed E-state index contributed by atoms with van der Waals surface area (Å²) >= 11 is 6.50. The molecule has 1 amide bonds. The Morgan fingerprint density at radius 1 is 1.22 bits per heavy atom. The average Bonchev–Trinajstić information content (AvgIpc) is 2.95. The minimum atomic E-state index is -0.166. The molecule has 0 radical (unpaired) electrons. The van der Waals surface area contributed by atoms with E-state index >= 15 is 0 Å². The summed E-state index contributed by atoms with van der Waals surface area (Å²) in [7, 11) is 0. The van der Waals surface area contributed by atoms with Crippen LogP contribution in [0, 0.1) is 12.8 Å². The first-order valence-electron chi connectivity index (χ1n) is 9.71. The van der Waals surface area contributed by atoms with Crippen molar-refractivity contribution in [2.75, 3.05) is 19.6 Å². The van der Waals surface area contributed by atoms with Crippen LogP contribution in [0.3, 0.4) is 0 Å². The van der Waals surface area contributed by atoms with Gasteiger partial charge in [0.1, 0.15) is 5.15 Å². The number of hydrogen-bond donors (Lipinski definition) is 1. The number of rotatable bonds is 9. The Kier molecular flexibility index (Phi) is 7.87. The lowest BCUT2D eigenvalue weighted by Gasteiger charge is -2.31. The maximum atomic E-state index is 12.9. The number of nitrogens with one attached hydrogen (secondary N) is 1. The quantitative estimate of drug-likeness (QED) is 0.693. The molecule has 1 N–H and O–H groups in total. The highest BCUT2D eigenvalue weighted by Crippen LogP contribution is 2.23. The first-order valence-corrected chi connectivity index (χ1v) is 10.1. The highest BCUT2D eigenvalue weighted by molar-refractivity contribution is 6.33. The lowest BCUT2D eigenvalue weighted by molar-refractivity contribution is 0.0928. The second-order valence-corrected chi connectivity index (χ2v) is 7.57. The van der Waals surface area contributed by atoms with Crippen molar-refractivity contribution in [2.24, 2.45) is 5.92 Å². The minimum absolute atomic E-state index is 0.166. The molecule has 1 aromatic carbocycles. The number of hydrogen-bond acceptors (Lipinski definition) is 3. The van der Waals surface area contributed by atoms with Crippen molar-refractivity contribution in [3.05, 3.63) is 46.7 Å². The Bertz CT molecular complexity index is 738. The van der Waals surface area contributed by atoms with Gasteiger partial charge >= 0.3 is 0 Å². The van der Waals surface area contributed by atoms with E-state index in [9.17, 15) is 4.79 Å². The summed E-state index contributed by atoms with van der Waals surface area (Å²) in [4.78, 5) is 15.2. The molecule has 0 aliphatic heterocycles. The third-order valence-corrected chi connectivity index (χ3v) is 5.15. The van der Waals surface area contributed by atoms with Crippen molar-refractivity contribution in [1.29, 1.82) is 0 Å². The van der Waals surface area contributed by atoms with E-state index in [0.717, 1.165) is 25.2 Å². The molecule has 0 bridgehead atoms. The molecule has 6 heteroatoms. The molecule has 0 aliphatic carbocycles. The molecule has 2 rings (SSSR count). The molecule has 27 heavy (non-hydrogen) atoms. The van der Waals surface area contributed by atoms with Crippen LogP contribution in [-0.2, 0) is 0 Å². The first-order chi connectivity index (χ1) is 12.9. The molecule has 0 saturated carbocycles. The van der Waals surface area contributed by atoms with E-state index in [1.165, 1.54) is 0 Å². The third kappa shape index (κ3) is 5.33. The number of para-hydroxylation sites is 1. The van der Waals surface area contributed by atoms with Crippen LogP contribution in [-0.4, -0.2) is 46.3 Å². The van der Waals surface area contributed by atoms with Crippen LogP contribution in [0.4, 0.5) is 0 Å². The lowest BCUT2D eigenvalue weighted by atomic mass is 10.0. The number of nitrogens with zero attached hydrogens (tertiary/aromatic N) is 3.